The number of anilines is 1. The van der Waals surface area contributed by atoms with Gasteiger partial charge < -0.3 is 35.8 Å². The first-order valence-corrected chi connectivity index (χ1v) is 11.8. The van der Waals surface area contributed by atoms with Gasteiger partial charge in [0.05, 0.1) is 24.8 Å². The number of fused-ring (bicyclic) bond motifs is 3. The number of amides is 1. The largest absolute Gasteiger partial charge is 0.508 e. The predicted octanol–water partition coefficient (Wildman–Crippen LogP) is -0.199. The topological polar surface area (TPSA) is 174 Å². The molecule has 0 spiro atoms. The number of carbonyl (C=O) groups excluding carboxylic acids is 3. The number of nitrogens with two attached hydrogens (primary N) is 1. The van der Waals surface area contributed by atoms with E-state index < -0.39 is 58.0 Å². The van der Waals surface area contributed by atoms with E-state index in [0.717, 1.165) is 5.69 Å². The predicted molar refractivity (Wildman–Crippen MR) is 127 cm³/mol. The van der Waals surface area contributed by atoms with Crippen LogP contribution in [0.5, 0.6) is 5.75 Å². The van der Waals surface area contributed by atoms with Crippen LogP contribution < -0.4 is 10.6 Å². The summed E-state index contributed by atoms with van der Waals surface area (Å²) in [7, 11) is 3.14. The van der Waals surface area contributed by atoms with Crippen LogP contribution in [0.1, 0.15) is 17.5 Å². The van der Waals surface area contributed by atoms with Gasteiger partial charge in [-0.15, -0.1) is 0 Å². The molecule has 1 aromatic rings. The number of hydrogen-bond acceptors (Lipinski definition) is 10. The van der Waals surface area contributed by atoms with E-state index in [1.54, 1.807) is 20.2 Å². The Kier molecular flexibility index (Phi) is 5.62. The Balaban J connectivity index is 1.70. The molecule has 1 saturated carbocycles. The van der Waals surface area contributed by atoms with E-state index in [1.165, 1.54) is 11.0 Å². The van der Waals surface area contributed by atoms with Crippen molar-refractivity contribution in [1.29, 1.82) is 0 Å². The molecule has 11 nitrogen and oxygen atoms in total. The maximum atomic E-state index is 13.8. The second kappa shape index (κ2) is 8.32. The van der Waals surface area contributed by atoms with Gasteiger partial charge in [0.25, 0.3) is 5.91 Å². The molecule has 36 heavy (non-hydrogen) atoms. The number of aliphatic hydroxyl groups is 3. The minimum absolute atomic E-state index is 0.0595. The molecule has 192 valence electrons. The molecule has 2 fully saturated rings. The van der Waals surface area contributed by atoms with Crippen LogP contribution in [-0.4, -0.2) is 94.8 Å². The normalized spacial score (nSPS) is 30.3. The van der Waals surface area contributed by atoms with Crippen molar-refractivity contribution in [3.8, 4) is 5.75 Å². The lowest BCUT2D eigenvalue weighted by Gasteiger charge is -2.50. The van der Waals surface area contributed by atoms with Crippen molar-refractivity contribution < 1.29 is 39.5 Å². The Morgan fingerprint density at radius 2 is 1.83 bits per heavy atom. The summed E-state index contributed by atoms with van der Waals surface area (Å²) in [5, 5.41) is 44.5. The second-order valence-corrected chi connectivity index (χ2v) is 10.0. The highest BCUT2D eigenvalue weighted by Crippen LogP contribution is 2.53. The van der Waals surface area contributed by atoms with Crippen molar-refractivity contribution in [3.63, 3.8) is 0 Å². The molecule has 1 amide bonds. The monoisotopic (exact) mass is 499 g/mol. The highest BCUT2D eigenvalue weighted by molar-refractivity contribution is 6.24. The van der Waals surface area contributed by atoms with E-state index >= 15 is 0 Å². The van der Waals surface area contributed by atoms with Gasteiger partial charge in [0, 0.05) is 30.3 Å². The van der Waals surface area contributed by atoms with E-state index in [9.17, 15) is 34.8 Å². The molecular weight excluding hydrogens is 470 g/mol. The fourth-order valence-corrected chi connectivity index (χ4v) is 6.33. The Hall–Kier alpha value is -3.41. The fraction of sp³-hybridized carbons (Fsp3) is 0.480. The van der Waals surface area contributed by atoms with Gasteiger partial charge in [-0.1, -0.05) is 0 Å². The average molecular weight is 500 g/mol. The lowest BCUT2D eigenvalue weighted by Crippen LogP contribution is -2.65. The van der Waals surface area contributed by atoms with E-state index in [-0.39, 0.29) is 29.7 Å². The number of primary amides is 1. The number of Topliss-reactive ketones (excluding diaryl/α,β-unsaturated/α-hetero) is 2. The number of carbonyl (C=O) groups is 3. The Labute approximate surface area is 207 Å². The zero-order valence-corrected chi connectivity index (χ0v) is 20.0. The highest BCUT2D eigenvalue weighted by Gasteiger charge is 2.64. The lowest BCUT2D eigenvalue weighted by molar-refractivity contribution is -0.153. The van der Waals surface area contributed by atoms with Gasteiger partial charge in [0.2, 0.25) is 5.78 Å². The maximum Gasteiger partial charge on any atom is 0.255 e. The molecule has 4 atom stereocenters. The Bertz CT molecular complexity index is 1250. The first-order valence-electron chi connectivity index (χ1n) is 11.8. The number of ketones is 2. The lowest BCUT2D eigenvalue weighted by atomic mass is 9.57. The molecule has 0 aromatic heterocycles. The number of phenolic OH excluding ortho intramolecular Hbond substituents is 1. The quantitative estimate of drug-likeness (QED) is 0.350. The summed E-state index contributed by atoms with van der Waals surface area (Å²) in [6, 6.07) is 2.10. The minimum atomic E-state index is -2.64. The smallest absolute Gasteiger partial charge is 0.255 e. The number of likely N-dealkylation sites (N-methyl/N-ethyl adjacent to an activating group) is 1. The van der Waals surface area contributed by atoms with Gasteiger partial charge in [0.1, 0.15) is 22.8 Å². The van der Waals surface area contributed by atoms with Crippen LogP contribution in [0, 0.1) is 11.8 Å². The van der Waals surface area contributed by atoms with Crippen LogP contribution >= 0.6 is 0 Å². The van der Waals surface area contributed by atoms with Gasteiger partial charge in [0.15, 0.2) is 11.4 Å². The van der Waals surface area contributed by atoms with Crippen molar-refractivity contribution in [1.82, 2.24) is 4.90 Å². The SMILES string of the molecule is CN(C)[C@@H]1C(=O)C(C(N)=O)=C(O)[C@@]2(O)C(=O)C3=C(O)c4c(O)ccc(N5CCOCC5)c4CC3CC12. The van der Waals surface area contributed by atoms with Crippen molar-refractivity contribution in [3.05, 3.63) is 40.2 Å². The van der Waals surface area contributed by atoms with Crippen molar-refractivity contribution in [2.75, 3.05) is 45.3 Å². The first kappa shape index (κ1) is 24.3. The molecule has 2 unspecified atom stereocenters. The molecular formula is C25H29N3O8. The molecule has 0 bridgehead atoms. The Morgan fingerprint density at radius 3 is 2.44 bits per heavy atom. The third kappa shape index (κ3) is 3.19. The second-order valence-electron chi connectivity index (χ2n) is 10.0. The number of benzene rings is 1. The van der Waals surface area contributed by atoms with E-state index in [1.807, 2.05) is 0 Å². The number of morpholine rings is 1. The molecule has 1 aromatic carbocycles. The van der Waals surface area contributed by atoms with Crippen LogP contribution in [0.2, 0.25) is 0 Å². The molecule has 6 N–H and O–H groups in total. The number of phenols is 1. The van der Waals surface area contributed by atoms with E-state index in [0.29, 0.717) is 31.9 Å². The van der Waals surface area contributed by atoms with Crippen LogP contribution in [-0.2, 0) is 25.5 Å². The molecule has 0 radical (unpaired) electrons. The van der Waals surface area contributed by atoms with Crippen molar-refractivity contribution in [2.45, 2.75) is 24.5 Å². The van der Waals surface area contributed by atoms with Gasteiger partial charge in [-0.25, -0.2) is 0 Å². The van der Waals surface area contributed by atoms with Crippen molar-refractivity contribution in [2.24, 2.45) is 17.6 Å². The van der Waals surface area contributed by atoms with Crippen molar-refractivity contribution >= 4 is 28.9 Å². The molecule has 1 heterocycles. The number of hydrogen-bond donors (Lipinski definition) is 5. The summed E-state index contributed by atoms with van der Waals surface area (Å²) in [4.78, 5) is 42.6. The van der Waals surface area contributed by atoms with Crippen LogP contribution in [0.25, 0.3) is 5.76 Å². The number of rotatable bonds is 3. The third-order valence-electron chi connectivity index (χ3n) is 7.93. The molecule has 11 heteroatoms. The summed E-state index contributed by atoms with van der Waals surface area (Å²) in [5.74, 6) is -6.55. The highest BCUT2D eigenvalue weighted by atomic mass is 16.5. The van der Waals surface area contributed by atoms with Gasteiger partial charge >= 0.3 is 0 Å². The summed E-state index contributed by atoms with van der Waals surface area (Å²) < 4.78 is 5.44. The van der Waals surface area contributed by atoms with Crippen LogP contribution in [0.15, 0.2) is 29.0 Å². The zero-order valence-electron chi connectivity index (χ0n) is 20.0. The van der Waals surface area contributed by atoms with Gasteiger partial charge in [-0.2, -0.15) is 0 Å². The number of aromatic hydroxyl groups is 1. The van der Waals surface area contributed by atoms with Crippen LogP contribution in [0.4, 0.5) is 5.69 Å². The average Bonchev–Trinajstić information content (AvgIpc) is 2.81. The summed E-state index contributed by atoms with van der Waals surface area (Å²) in [6.07, 6.45) is 0.319. The van der Waals surface area contributed by atoms with Gasteiger partial charge in [-0.3, -0.25) is 19.3 Å². The molecule has 4 aliphatic rings. The number of aliphatic hydroxyl groups excluding tert-OH is 2. The molecule has 1 aliphatic heterocycles. The number of nitrogens with zero attached hydrogens (tertiary/aromatic N) is 2. The fourth-order valence-electron chi connectivity index (χ4n) is 6.33. The summed E-state index contributed by atoms with van der Waals surface area (Å²) >= 11 is 0. The maximum absolute atomic E-state index is 13.8. The molecule has 5 rings (SSSR count). The van der Waals surface area contributed by atoms with Crippen LogP contribution in [0.3, 0.4) is 0 Å². The Morgan fingerprint density at radius 1 is 1.17 bits per heavy atom. The summed E-state index contributed by atoms with van der Waals surface area (Å²) in [5.41, 5.74) is 3.27. The molecule has 1 saturated heterocycles. The minimum Gasteiger partial charge on any atom is -0.508 e. The first-order chi connectivity index (χ1) is 17.0. The molecule has 3 aliphatic carbocycles. The number of ether oxygens (including phenoxy) is 1. The third-order valence-corrected chi connectivity index (χ3v) is 7.93. The van der Waals surface area contributed by atoms with E-state index in [4.69, 9.17) is 10.5 Å². The van der Waals surface area contributed by atoms with E-state index in [2.05, 4.69) is 4.90 Å². The van der Waals surface area contributed by atoms with Gasteiger partial charge in [-0.05, 0) is 50.6 Å². The summed E-state index contributed by atoms with van der Waals surface area (Å²) in [6.45, 7) is 2.29. The standard InChI is InChI=1S/C25H29N3O8/c1-27(2)19-13-10-11-9-12-14(28-5-7-36-8-6-28)3-4-15(29)17(12)20(30)16(11)22(32)25(13,35)23(33)18(21(19)31)24(26)34/h3-4,11,13,19,29-30,33,35H,5-10H2,1-2H3,(H2,26,34)/t11?,13?,19-,25-/m0/s1. The zero-order chi connectivity index (χ0) is 26.1.